The van der Waals surface area contributed by atoms with Crippen molar-refractivity contribution in [2.45, 2.75) is 38.1 Å². The zero-order valence-corrected chi connectivity index (χ0v) is 17.3. The van der Waals surface area contributed by atoms with Gasteiger partial charge in [0.2, 0.25) is 0 Å². The number of hydrogen-bond acceptors (Lipinski definition) is 5. The molecule has 0 unspecified atom stereocenters. The summed E-state index contributed by atoms with van der Waals surface area (Å²) in [6.45, 7) is 1.75. The molecule has 32 heavy (non-hydrogen) atoms. The number of hydrogen-bond donors (Lipinski definition) is 2. The molecule has 1 aliphatic rings. The molecule has 3 rings (SSSR count). The lowest BCUT2D eigenvalue weighted by Crippen LogP contribution is -2.46. The van der Waals surface area contributed by atoms with E-state index in [1.54, 1.807) is 0 Å². The highest BCUT2D eigenvalue weighted by Gasteiger charge is 2.38. The summed E-state index contributed by atoms with van der Waals surface area (Å²) in [6.07, 6.45) is -2.65. The van der Waals surface area contributed by atoms with Crippen molar-refractivity contribution >= 4 is 11.9 Å². The first-order valence-electron chi connectivity index (χ1n) is 9.92. The number of nitrogens with two attached hydrogens (primary N) is 1. The molecule has 0 radical (unpaired) electrons. The zero-order valence-electron chi connectivity index (χ0n) is 17.3. The van der Waals surface area contributed by atoms with E-state index in [1.165, 1.54) is 5.06 Å². The molecule has 0 saturated carbocycles. The lowest BCUT2D eigenvalue weighted by molar-refractivity contribution is -0.198. The fraction of sp³-hybridized carbons (Fsp3) is 0.364. The lowest BCUT2D eigenvalue weighted by Gasteiger charge is -2.28. The Hall–Kier alpha value is -3.11. The fourth-order valence-electron chi connectivity index (χ4n) is 2.76. The minimum absolute atomic E-state index is 0.149. The topological polar surface area (TPSA) is 102 Å². The van der Waals surface area contributed by atoms with Crippen LogP contribution in [0.4, 0.5) is 13.2 Å². The highest BCUT2D eigenvalue weighted by atomic mass is 19.4. The van der Waals surface area contributed by atoms with Crippen LogP contribution < -0.4 is 10.5 Å². The van der Waals surface area contributed by atoms with E-state index >= 15 is 0 Å². The molecule has 2 aromatic rings. The number of amides is 1. The van der Waals surface area contributed by atoms with Crippen molar-refractivity contribution in [1.82, 2.24) is 5.06 Å². The van der Waals surface area contributed by atoms with E-state index < -0.39 is 18.2 Å². The van der Waals surface area contributed by atoms with Crippen molar-refractivity contribution in [1.29, 1.82) is 0 Å². The zero-order chi connectivity index (χ0) is 23.6. The molecule has 1 heterocycles. The van der Waals surface area contributed by atoms with Crippen molar-refractivity contribution in [2.75, 3.05) is 13.2 Å². The number of nitrogens with zero attached hydrogens (tertiary/aromatic N) is 1. The molecular formula is C22H25F3N2O5. The first-order chi connectivity index (χ1) is 15.2. The Morgan fingerprint density at radius 3 is 2.22 bits per heavy atom. The summed E-state index contributed by atoms with van der Waals surface area (Å²) in [5.41, 5.74) is 8.18. The molecule has 174 valence electrons. The molecule has 2 aromatic carbocycles. The van der Waals surface area contributed by atoms with Crippen LogP contribution in [0.5, 0.6) is 5.75 Å². The monoisotopic (exact) mass is 454 g/mol. The van der Waals surface area contributed by atoms with E-state index in [1.807, 2.05) is 54.6 Å². The van der Waals surface area contributed by atoms with Crippen molar-refractivity contribution in [3.05, 3.63) is 65.7 Å². The van der Waals surface area contributed by atoms with Crippen LogP contribution in [0.1, 0.15) is 24.0 Å². The normalized spacial score (nSPS) is 14.7. The average Bonchev–Trinajstić information content (AvgIpc) is 2.79. The van der Waals surface area contributed by atoms with E-state index in [2.05, 4.69) is 0 Å². The summed E-state index contributed by atoms with van der Waals surface area (Å²) in [7, 11) is 0. The van der Waals surface area contributed by atoms with E-state index in [-0.39, 0.29) is 5.91 Å². The highest BCUT2D eigenvalue weighted by Crippen LogP contribution is 2.16. The van der Waals surface area contributed by atoms with Crippen LogP contribution in [0.2, 0.25) is 0 Å². The molecule has 1 atom stereocenters. The summed E-state index contributed by atoms with van der Waals surface area (Å²) in [5.74, 6) is -2.11. The number of halogens is 3. The quantitative estimate of drug-likeness (QED) is 0.694. The van der Waals surface area contributed by atoms with Gasteiger partial charge in [0.15, 0.2) is 0 Å². The second-order valence-electron chi connectivity index (χ2n) is 7.01. The van der Waals surface area contributed by atoms with E-state index in [0.717, 1.165) is 29.7 Å². The van der Waals surface area contributed by atoms with Crippen LogP contribution in [0.25, 0.3) is 0 Å². The number of aliphatic carboxylic acids is 1. The van der Waals surface area contributed by atoms with Gasteiger partial charge in [0.05, 0.1) is 12.6 Å². The Labute approximate surface area is 183 Å². The summed E-state index contributed by atoms with van der Waals surface area (Å²) >= 11 is 0. The van der Waals surface area contributed by atoms with Crippen LogP contribution >= 0.6 is 0 Å². The number of hydroxylamine groups is 2. The number of carbonyl (C=O) groups is 2. The summed E-state index contributed by atoms with van der Waals surface area (Å²) in [5, 5.41) is 8.53. The van der Waals surface area contributed by atoms with Gasteiger partial charge < -0.3 is 15.6 Å². The first kappa shape index (κ1) is 25.2. The second-order valence-corrected chi connectivity index (χ2v) is 7.01. The predicted octanol–water partition coefficient (Wildman–Crippen LogP) is 3.32. The van der Waals surface area contributed by atoms with Crippen LogP contribution in [-0.4, -0.2) is 47.4 Å². The van der Waals surface area contributed by atoms with Gasteiger partial charge in [-0.2, -0.15) is 13.2 Å². The molecule has 0 bridgehead atoms. The average molecular weight is 454 g/mol. The van der Waals surface area contributed by atoms with Gasteiger partial charge in [0.1, 0.15) is 12.4 Å². The maximum atomic E-state index is 12.3. The van der Waals surface area contributed by atoms with Crippen molar-refractivity contribution in [3.8, 4) is 5.75 Å². The fourth-order valence-corrected chi connectivity index (χ4v) is 2.76. The Morgan fingerprint density at radius 2 is 1.69 bits per heavy atom. The molecule has 0 spiro atoms. The van der Waals surface area contributed by atoms with Crippen molar-refractivity contribution in [2.24, 2.45) is 5.73 Å². The van der Waals surface area contributed by atoms with Gasteiger partial charge in [-0.1, -0.05) is 42.5 Å². The van der Waals surface area contributed by atoms with E-state index in [9.17, 15) is 18.0 Å². The summed E-state index contributed by atoms with van der Waals surface area (Å²) < 4.78 is 37.5. The van der Waals surface area contributed by atoms with Crippen LogP contribution in [0, 0.1) is 0 Å². The van der Waals surface area contributed by atoms with E-state index in [0.29, 0.717) is 26.2 Å². The van der Waals surface area contributed by atoms with E-state index in [4.69, 9.17) is 25.2 Å². The van der Waals surface area contributed by atoms with Crippen molar-refractivity contribution in [3.63, 3.8) is 0 Å². The first-order valence-corrected chi connectivity index (χ1v) is 9.92. The minimum atomic E-state index is -5.08. The van der Waals surface area contributed by atoms with Gasteiger partial charge in [0, 0.05) is 6.54 Å². The second kappa shape index (κ2) is 12.1. The molecule has 1 fully saturated rings. The third kappa shape index (κ3) is 8.56. The Morgan fingerprint density at radius 1 is 1.06 bits per heavy atom. The molecule has 0 aromatic heterocycles. The molecule has 1 saturated heterocycles. The number of carboxylic acids is 1. The molecule has 0 aliphatic carbocycles. The largest absolute Gasteiger partial charge is 0.490 e. The van der Waals surface area contributed by atoms with Gasteiger partial charge in [-0.15, -0.1) is 0 Å². The van der Waals surface area contributed by atoms with Crippen molar-refractivity contribution < 1.29 is 37.4 Å². The highest BCUT2D eigenvalue weighted by molar-refractivity contribution is 5.81. The molecular weight excluding hydrogens is 429 g/mol. The molecule has 1 aliphatic heterocycles. The molecule has 1 amide bonds. The third-order valence-electron chi connectivity index (χ3n) is 4.44. The maximum Gasteiger partial charge on any atom is 0.490 e. The Kier molecular flexibility index (Phi) is 9.48. The van der Waals surface area contributed by atoms with Gasteiger partial charge in [0.25, 0.3) is 5.91 Å². The van der Waals surface area contributed by atoms with Gasteiger partial charge in [-0.3, -0.25) is 9.63 Å². The Balaban J connectivity index is 0.000000451. The van der Waals surface area contributed by atoms with Gasteiger partial charge in [-0.25, -0.2) is 9.86 Å². The van der Waals surface area contributed by atoms with Gasteiger partial charge >= 0.3 is 12.1 Å². The number of carboxylic acid groups (broad SMARTS) is 1. The smallest absolute Gasteiger partial charge is 0.489 e. The van der Waals surface area contributed by atoms with Gasteiger partial charge in [-0.05, 0) is 42.5 Å². The number of alkyl halides is 3. The third-order valence-corrected chi connectivity index (χ3v) is 4.44. The standard InChI is InChI=1S/C20H24N2O3.C2HF3O2/c21-19(20(23)22-12-4-5-13-25-22)14-16-8-10-18(11-9-16)24-15-17-6-2-1-3-7-17;3-2(4,5)1(6)7/h1-3,6-11,19H,4-5,12-15,21H2;(H,6,7)/t19-;/m0./s1. The number of benzene rings is 2. The maximum absolute atomic E-state index is 12.3. The molecule has 7 nitrogen and oxygen atoms in total. The SMILES string of the molecule is N[C@@H](Cc1ccc(OCc2ccccc2)cc1)C(=O)N1CCCCO1.O=C(O)C(F)(F)F. The summed E-state index contributed by atoms with van der Waals surface area (Å²) in [4.78, 5) is 26.6. The molecule has 10 heteroatoms. The van der Waals surface area contributed by atoms with Crippen LogP contribution in [0.3, 0.4) is 0 Å². The lowest BCUT2D eigenvalue weighted by atomic mass is 10.1. The van der Waals surface area contributed by atoms with Crippen LogP contribution in [-0.2, 0) is 27.5 Å². The predicted molar refractivity (Wildman–Crippen MR) is 109 cm³/mol. The number of carbonyl (C=O) groups excluding carboxylic acids is 1. The number of rotatable bonds is 6. The Bertz CT molecular complexity index is 854. The number of ether oxygens (including phenoxy) is 1. The molecule has 3 N–H and O–H groups in total. The summed E-state index contributed by atoms with van der Waals surface area (Å²) in [6, 6.07) is 17.2. The minimum Gasteiger partial charge on any atom is -0.489 e. The van der Waals surface area contributed by atoms with Crippen LogP contribution in [0.15, 0.2) is 54.6 Å².